The second-order valence-electron chi connectivity index (χ2n) is 5.30. The molecule has 0 saturated carbocycles. The third kappa shape index (κ3) is 2.69. The van der Waals surface area contributed by atoms with Gasteiger partial charge in [-0.1, -0.05) is 18.2 Å². The number of amides is 1. The zero-order valence-corrected chi connectivity index (χ0v) is 12.0. The number of likely N-dealkylation sites (tertiary alicyclic amines) is 1. The fourth-order valence-corrected chi connectivity index (χ4v) is 2.71. The van der Waals surface area contributed by atoms with Crippen molar-refractivity contribution in [3.63, 3.8) is 0 Å². The van der Waals surface area contributed by atoms with Crippen molar-refractivity contribution in [1.82, 2.24) is 9.88 Å². The number of benzene rings is 1. The first-order valence-corrected chi connectivity index (χ1v) is 7.30. The van der Waals surface area contributed by atoms with Crippen LogP contribution in [0.2, 0.25) is 0 Å². The van der Waals surface area contributed by atoms with Gasteiger partial charge in [0.1, 0.15) is 5.69 Å². The number of anilines is 1. The summed E-state index contributed by atoms with van der Waals surface area (Å²) in [5.41, 5.74) is 2.16. The molecule has 1 aromatic carbocycles. The van der Waals surface area contributed by atoms with Gasteiger partial charge in [-0.2, -0.15) is 0 Å². The molecular formula is C16H19N3O2. The summed E-state index contributed by atoms with van der Waals surface area (Å²) in [5, 5.41) is 13.9. The summed E-state index contributed by atoms with van der Waals surface area (Å²) in [6.07, 6.45) is 0.224. The Bertz CT molecular complexity index is 672. The number of β-amino-alcohol motifs (C(OH)–C–C–N with tert-alkyl or cyclic N) is 1. The molecule has 5 nitrogen and oxygen atoms in total. The van der Waals surface area contributed by atoms with Crippen LogP contribution < -0.4 is 5.32 Å². The zero-order valence-electron chi connectivity index (χ0n) is 12.0. The average molecular weight is 285 g/mol. The number of carbonyl (C=O) groups excluding carboxylic acids is 1. The van der Waals surface area contributed by atoms with Crippen LogP contribution in [0.4, 0.5) is 5.69 Å². The van der Waals surface area contributed by atoms with Gasteiger partial charge >= 0.3 is 0 Å². The van der Waals surface area contributed by atoms with Crippen molar-refractivity contribution in [3.8, 4) is 0 Å². The van der Waals surface area contributed by atoms with Gasteiger partial charge in [0.2, 0.25) is 0 Å². The van der Waals surface area contributed by atoms with Crippen LogP contribution in [0.25, 0.3) is 10.9 Å². The van der Waals surface area contributed by atoms with Gasteiger partial charge in [0.15, 0.2) is 0 Å². The van der Waals surface area contributed by atoms with E-state index < -0.39 is 6.10 Å². The molecule has 1 saturated heterocycles. The second-order valence-corrected chi connectivity index (χ2v) is 5.30. The maximum absolute atomic E-state index is 12.5. The highest BCUT2D eigenvalue weighted by molar-refractivity contribution is 5.99. The summed E-state index contributed by atoms with van der Waals surface area (Å²) in [5.74, 6) is -0.114. The van der Waals surface area contributed by atoms with Gasteiger partial charge in [0, 0.05) is 30.7 Å². The van der Waals surface area contributed by atoms with E-state index in [2.05, 4.69) is 10.3 Å². The molecule has 110 valence electrons. The number of aliphatic hydroxyl groups excluding tert-OH is 1. The van der Waals surface area contributed by atoms with Crippen molar-refractivity contribution < 1.29 is 9.90 Å². The summed E-state index contributed by atoms with van der Waals surface area (Å²) in [4.78, 5) is 18.7. The number of nitrogens with zero attached hydrogens (tertiary/aromatic N) is 2. The Labute approximate surface area is 123 Å². The normalized spacial score (nSPS) is 18.2. The minimum Gasteiger partial charge on any atom is -0.391 e. The van der Waals surface area contributed by atoms with Gasteiger partial charge < -0.3 is 15.3 Å². The van der Waals surface area contributed by atoms with Crippen LogP contribution >= 0.6 is 0 Å². The van der Waals surface area contributed by atoms with Crippen LogP contribution in [0.15, 0.2) is 30.3 Å². The van der Waals surface area contributed by atoms with Crippen molar-refractivity contribution in [2.45, 2.75) is 19.4 Å². The molecule has 21 heavy (non-hydrogen) atoms. The maximum atomic E-state index is 12.5. The molecular weight excluding hydrogens is 266 g/mol. The molecule has 2 heterocycles. The third-order valence-corrected chi connectivity index (χ3v) is 3.75. The maximum Gasteiger partial charge on any atom is 0.272 e. The highest BCUT2D eigenvalue weighted by Gasteiger charge is 2.26. The summed E-state index contributed by atoms with van der Waals surface area (Å²) >= 11 is 0. The number of hydrogen-bond acceptors (Lipinski definition) is 4. The molecule has 1 unspecified atom stereocenters. The molecule has 1 aromatic heterocycles. The number of fused-ring (bicyclic) bond motifs is 1. The molecule has 0 spiro atoms. The molecule has 0 radical (unpaired) electrons. The predicted molar refractivity (Wildman–Crippen MR) is 82.4 cm³/mol. The molecule has 3 rings (SSSR count). The summed E-state index contributed by atoms with van der Waals surface area (Å²) in [6.45, 7) is 3.78. The van der Waals surface area contributed by atoms with Crippen molar-refractivity contribution in [2.24, 2.45) is 0 Å². The Balaban J connectivity index is 2.00. The Morgan fingerprint density at radius 2 is 2.29 bits per heavy atom. The topological polar surface area (TPSA) is 65.5 Å². The molecule has 2 N–H and O–H groups in total. The number of hydrogen-bond donors (Lipinski definition) is 2. The lowest BCUT2D eigenvalue weighted by Gasteiger charge is -2.16. The average Bonchev–Trinajstić information content (AvgIpc) is 2.93. The number of para-hydroxylation sites is 1. The third-order valence-electron chi connectivity index (χ3n) is 3.75. The van der Waals surface area contributed by atoms with E-state index in [-0.39, 0.29) is 5.91 Å². The van der Waals surface area contributed by atoms with Crippen LogP contribution in [-0.2, 0) is 0 Å². The van der Waals surface area contributed by atoms with Crippen molar-refractivity contribution in [2.75, 3.05) is 25.0 Å². The van der Waals surface area contributed by atoms with E-state index in [0.717, 1.165) is 23.1 Å². The molecule has 1 aliphatic rings. The SMILES string of the molecule is CCNc1cc(C(=O)N2CCC(O)C2)nc2ccccc12. The lowest BCUT2D eigenvalue weighted by Crippen LogP contribution is -2.30. The standard InChI is InChI=1S/C16H19N3O2/c1-2-17-14-9-15(16(21)19-8-7-11(20)10-19)18-13-6-4-3-5-12(13)14/h3-6,9,11,20H,2,7-8,10H2,1H3,(H,17,18). The number of aliphatic hydroxyl groups is 1. The van der Waals surface area contributed by atoms with E-state index in [1.807, 2.05) is 31.2 Å². The van der Waals surface area contributed by atoms with E-state index in [0.29, 0.717) is 25.2 Å². The van der Waals surface area contributed by atoms with Crippen LogP contribution in [0, 0.1) is 0 Å². The molecule has 0 aliphatic carbocycles. The van der Waals surface area contributed by atoms with Gasteiger partial charge in [-0.05, 0) is 25.5 Å². The van der Waals surface area contributed by atoms with E-state index >= 15 is 0 Å². The second kappa shape index (κ2) is 5.69. The van der Waals surface area contributed by atoms with Crippen molar-refractivity contribution >= 4 is 22.5 Å². The van der Waals surface area contributed by atoms with E-state index in [9.17, 15) is 9.90 Å². The Morgan fingerprint density at radius 3 is 3.00 bits per heavy atom. The quantitative estimate of drug-likeness (QED) is 0.903. The lowest BCUT2D eigenvalue weighted by atomic mass is 10.1. The number of carbonyl (C=O) groups is 1. The van der Waals surface area contributed by atoms with E-state index in [1.54, 1.807) is 11.0 Å². The van der Waals surface area contributed by atoms with Gasteiger partial charge in [0.25, 0.3) is 5.91 Å². The number of nitrogens with one attached hydrogen (secondary N) is 1. The largest absolute Gasteiger partial charge is 0.391 e. The van der Waals surface area contributed by atoms with Gasteiger partial charge in [0.05, 0.1) is 11.6 Å². The smallest absolute Gasteiger partial charge is 0.272 e. The van der Waals surface area contributed by atoms with Crippen LogP contribution in [0.1, 0.15) is 23.8 Å². The number of aromatic nitrogens is 1. The molecule has 5 heteroatoms. The molecule has 2 aromatic rings. The monoisotopic (exact) mass is 285 g/mol. The van der Waals surface area contributed by atoms with Gasteiger partial charge in [-0.3, -0.25) is 4.79 Å². The van der Waals surface area contributed by atoms with Crippen LogP contribution in [0.3, 0.4) is 0 Å². The van der Waals surface area contributed by atoms with Gasteiger partial charge in [-0.15, -0.1) is 0 Å². The summed E-state index contributed by atoms with van der Waals surface area (Å²) in [6, 6.07) is 9.58. The first-order chi connectivity index (χ1) is 10.2. The first kappa shape index (κ1) is 13.8. The highest BCUT2D eigenvalue weighted by Crippen LogP contribution is 2.24. The fourth-order valence-electron chi connectivity index (χ4n) is 2.71. The van der Waals surface area contributed by atoms with E-state index in [4.69, 9.17) is 0 Å². The Morgan fingerprint density at radius 1 is 1.48 bits per heavy atom. The summed E-state index contributed by atoms with van der Waals surface area (Å²) in [7, 11) is 0. The van der Waals surface area contributed by atoms with Crippen molar-refractivity contribution in [1.29, 1.82) is 0 Å². The van der Waals surface area contributed by atoms with Crippen LogP contribution in [-0.4, -0.2) is 46.6 Å². The first-order valence-electron chi connectivity index (χ1n) is 7.30. The minimum absolute atomic E-state index is 0.114. The zero-order chi connectivity index (χ0) is 14.8. The highest BCUT2D eigenvalue weighted by atomic mass is 16.3. The number of rotatable bonds is 3. The Hall–Kier alpha value is -2.14. The molecule has 0 bridgehead atoms. The minimum atomic E-state index is -0.414. The molecule has 1 amide bonds. The van der Waals surface area contributed by atoms with Crippen molar-refractivity contribution in [3.05, 3.63) is 36.0 Å². The molecule has 1 aliphatic heterocycles. The van der Waals surface area contributed by atoms with Gasteiger partial charge in [-0.25, -0.2) is 4.98 Å². The number of pyridine rings is 1. The molecule has 1 atom stereocenters. The molecule has 1 fully saturated rings. The fraction of sp³-hybridized carbons (Fsp3) is 0.375. The predicted octanol–water partition coefficient (Wildman–Crippen LogP) is 1.87. The summed E-state index contributed by atoms with van der Waals surface area (Å²) < 4.78 is 0. The van der Waals surface area contributed by atoms with Crippen LogP contribution in [0.5, 0.6) is 0 Å². The van der Waals surface area contributed by atoms with E-state index in [1.165, 1.54) is 0 Å². The Kier molecular flexibility index (Phi) is 3.75. The lowest BCUT2D eigenvalue weighted by molar-refractivity contribution is 0.0759.